The van der Waals surface area contributed by atoms with Gasteiger partial charge in [-0.05, 0) is 49.7 Å². The second-order valence-electron chi connectivity index (χ2n) is 10.4. The number of nitrogens with one attached hydrogen (secondary N) is 1. The van der Waals surface area contributed by atoms with E-state index < -0.39 is 23.8 Å². The molecule has 7 heteroatoms. The van der Waals surface area contributed by atoms with Crippen molar-refractivity contribution >= 4 is 23.5 Å². The summed E-state index contributed by atoms with van der Waals surface area (Å²) in [5.74, 6) is -1.89. The molecular weight excluding hydrogens is 466 g/mol. The van der Waals surface area contributed by atoms with Crippen LogP contribution in [0.3, 0.4) is 0 Å². The molecular formula is C30H39N3O4. The van der Waals surface area contributed by atoms with Gasteiger partial charge in [-0.3, -0.25) is 19.2 Å². The van der Waals surface area contributed by atoms with Crippen LogP contribution in [0.15, 0.2) is 54.6 Å². The zero-order valence-electron chi connectivity index (χ0n) is 22.1. The van der Waals surface area contributed by atoms with Crippen LogP contribution in [0.4, 0.5) is 0 Å². The van der Waals surface area contributed by atoms with Gasteiger partial charge in [-0.1, -0.05) is 69.3 Å². The van der Waals surface area contributed by atoms with Gasteiger partial charge in [0.15, 0.2) is 5.78 Å². The highest BCUT2D eigenvalue weighted by Crippen LogP contribution is 2.25. The molecule has 1 fully saturated rings. The molecule has 1 unspecified atom stereocenters. The molecule has 3 N–H and O–H groups in total. The number of amides is 3. The van der Waals surface area contributed by atoms with Crippen LogP contribution in [0.25, 0.3) is 0 Å². The Morgan fingerprint density at radius 1 is 1.00 bits per heavy atom. The average molecular weight is 506 g/mol. The van der Waals surface area contributed by atoms with Crippen molar-refractivity contribution < 1.29 is 19.2 Å². The van der Waals surface area contributed by atoms with Gasteiger partial charge in [0.05, 0.1) is 0 Å². The lowest BCUT2D eigenvalue weighted by molar-refractivity contribution is -0.139. The maximum absolute atomic E-state index is 13.5. The molecule has 1 aliphatic rings. The van der Waals surface area contributed by atoms with Crippen LogP contribution < -0.4 is 11.1 Å². The van der Waals surface area contributed by atoms with Crippen molar-refractivity contribution in [1.29, 1.82) is 0 Å². The van der Waals surface area contributed by atoms with E-state index in [1.165, 1.54) is 0 Å². The molecule has 1 heterocycles. The normalized spacial score (nSPS) is 17.7. The lowest BCUT2D eigenvalue weighted by Gasteiger charge is -2.29. The number of hydrogen-bond acceptors (Lipinski definition) is 4. The number of primary amides is 1. The van der Waals surface area contributed by atoms with Crippen LogP contribution in [0.2, 0.25) is 0 Å². The molecule has 37 heavy (non-hydrogen) atoms. The third kappa shape index (κ3) is 7.51. The maximum Gasteiger partial charge on any atom is 0.245 e. The molecule has 2 aromatic rings. The molecule has 3 amide bonds. The van der Waals surface area contributed by atoms with Gasteiger partial charge in [0, 0.05) is 36.1 Å². The van der Waals surface area contributed by atoms with Crippen LogP contribution in [0, 0.1) is 17.8 Å². The lowest BCUT2D eigenvalue weighted by Crippen LogP contribution is -2.50. The maximum atomic E-state index is 13.5. The second-order valence-corrected chi connectivity index (χ2v) is 10.4. The van der Waals surface area contributed by atoms with Crippen molar-refractivity contribution in [3.05, 3.63) is 71.3 Å². The first kappa shape index (κ1) is 28.1. The van der Waals surface area contributed by atoms with E-state index in [9.17, 15) is 19.2 Å². The minimum atomic E-state index is -0.649. The molecule has 0 bridgehead atoms. The number of carbonyl (C=O) groups excluding carboxylic acids is 4. The third-order valence-corrected chi connectivity index (χ3v) is 7.05. The highest BCUT2D eigenvalue weighted by atomic mass is 16.2. The van der Waals surface area contributed by atoms with E-state index in [0.29, 0.717) is 43.5 Å². The van der Waals surface area contributed by atoms with Crippen molar-refractivity contribution in [2.45, 2.75) is 65.5 Å². The standard InChI is InChI=1S/C30H39N3O4/c1-4-24(28(31)35)25(17-20(2)3)29(36)32-26-15-8-9-16-33(30(26)37)19-21-11-10-14-23(18-21)27(34)22-12-6-5-7-13-22/h5-7,10-14,18,20,24-26H,4,8-9,15-17,19H2,1-3H3,(H2,31,35)(H,32,36)/t24-,25?,26-/m0/s1. The molecule has 1 saturated heterocycles. The van der Waals surface area contributed by atoms with Crippen molar-refractivity contribution in [3.8, 4) is 0 Å². The Morgan fingerprint density at radius 3 is 2.35 bits per heavy atom. The number of ketones is 1. The molecule has 0 aliphatic carbocycles. The van der Waals surface area contributed by atoms with E-state index in [4.69, 9.17) is 5.73 Å². The molecule has 2 aromatic carbocycles. The summed E-state index contributed by atoms with van der Waals surface area (Å²) in [4.78, 5) is 53.5. The van der Waals surface area contributed by atoms with Gasteiger partial charge in [-0.25, -0.2) is 0 Å². The predicted octanol–water partition coefficient (Wildman–Crippen LogP) is 4.09. The molecule has 0 saturated carbocycles. The van der Waals surface area contributed by atoms with E-state index >= 15 is 0 Å². The summed E-state index contributed by atoms with van der Waals surface area (Å²) in [6.07, 6.45) is 3.19. The topological polar surface area (TPSA) is 110 Å². The Hall–Kier alpha value is -3.48. The Kier molecular flexibility index (Phi) is 10.0. The minimum absolute atomic E-state index is 0.0640. The molecule has 0 spiro atoms. The fourth-order valence-electron chi connectivity index (χ4n) is 5.11. The van der Waals surface area contributed by atoms with E-state index in [2.05, 4.69) is 5.32 Å². The molecule has 1 aliphatic heterocycles. The summed E-state index contributed by atoms with van der Waals surface area (Å²) in [5.41, 5.74) is 7.66. The monoisotopic (exact) mass is 505 g/mol. The van der Waals surface area contributed by atoms with Crippen molar-refractivity contribution in [1.82, 2.24) is 10.2 Å². The van der Waals surface area contributed by atoms with Crippen LogP contribution in [-0.4, -0.2) is 41.0 Å². The molecule has 0 aromatic heterocycles. The van der Waals surface area contributed by atoms with Crippen molar-refractivity contribution in [3.63, 3.8) is 0 Å². The average Bonchev–Trinajstić information content (AvgIpc) is 3.04. The summed E-state index contributed by atoms with van der Waals surface area (Å²) >= 11 is 0. The minimum Gasteiger partial charge on any atom is -0.369 e. The summed E-state index contributed by atoms with van der Waals surface area (Å²) < 4.78 is 0. The zero-order chi connectivity index (χ0) is 26.9. The van der Waals surface area contributed by atoms with Crippen LogP contribution in [-0.2, 0) is 20.9 Å². The first-order valence-corrected chi connectivity index (χ1v) is 13.3. The smallest absolute Gasteiger partial charge is 0.245 e. The Morgan fingerprint density at radius 2 is 1.70 bits per heavy atom. The fraction of sp³-hybridized carbons (Fsp3) is 0.467. The van der Waals surface area contributed by atoms with Crippen LogP contribution >= 0.6 is 0 Å². The van der Waals surface area contributed by atoms with Crippen LogP contribution in [0.5, 0.6) is 0 Å². The quantitative estimate of drug-likeness (QED) is 0.448. The fourth-order valence-corrected chi connectivity index (χ4v) is 5.11. The van der Waals surface area contributed by atoms with E-state index in [-0.39, 0.29) is 23.5 Å². The van der Waals surface area contributed by atoms with E-state index in [1.54, 1.807) is 23.1 Å². The van der Waals surface area contributed by atoms with Gasteiger partial charge >= 0.3 is 0 Å². The Labute approximate surface area is 219 Å². The molecule has 7 nitrogen and oxygen atoms in total. The van der Waals surface area contributed by atoms with Gasteiger partial charge in [0.1, 0.15) is 6.04 Å². The van der Waals surface area contributed by atoms with Crippen LogP contribution in [0.1, 0.15) is 74.4 Å². The summed E-state index contributed by atoms with van der Waals surface area (Å²) in [6, 6.07) is 15.8. The molecule has 0 radical (unpaired) electrons. The summed E-state index contributed by atoms with van der Waals surface area (Å²) in [5, 5.41) is 2.96. The number of rotatable bonds is 11. The first-order valence-electron chi connectivity index (χ1n) is 13.3. The van der Waals surface area contributed by atoms with E-state index in [0.717, 1.165) is 18.4 Å². The van der Waals surface area contributed by atoms with Gasteiger partial charge < -0.3 is 16.0 Å². The van der Waals surface area contributed by atoms with Crippen molar-refractivity contribution in [2.24, 2.45) is 23.5 Å². The second kappa shape index (κ2) is 13.2. The summed E-state index contributed by atoms with van der Waals surface area (Å²) in [6.45, 7) is 6.79. The van der Waals surface area contributed by atoms with Gasteiger partial charge in [-0.15, -0.1) is 0 Å². The van der Waals surface area contributed by atoms with Crippen molar-refractivity contribution in [2.75, 3.05) is 6.54 Å². The van der Waals surface area contributed by atoms with Gasteiger partial charge in [0.2, 0.25) is 17.7 Å². The number of hydrogen-bond donors (Lipinski definition) is 2. The summed E-state index contributed by atoms with van der Waals surface area (Å²) in [7, 11) is 0. The SMILES string of the molecule is CC[C@H](C(N)=O)C(CC(C)C)C(=O)N[C@H]1CCCCN(Cc2cccc(C(=O)c3ccccc3)c2)C1=O. The van der Waals surface area contributed by atoms with Gasteiger partial charge in [0.25, 0.3) is 0 Å². The zero-order valence-corrected chi connectivity index (χ0v) is 22.1. The molecule has 3 atom stereocenters. The molecule has 3 rings (SSSR count). The van der Waals surface area contributed by atoms with Gasteiger partial charge in [-0.2, -0.15) is 0 Å². The largest absolute Gasteiger partial charge is 0.369 e. The Bertz CT molecular complexity index is 1100. The highest BCUT2D eigenvalue weighted by molar-refractivity contribution is 6.09. The van der Waals surface area contributed by atoms with E-state index in [1.807, 2.05) is 57.2 Å². The number of carbonyl (C=O) groups is 4. The Balaban J connectivity index is 1.74. The number of nitrogens with zero attached hydrogens (tertiary/aromatic N) is 1. The third-order valence-electron chi connectivity index (χ3n) is 7.05. The molecule has 198 valence electrons. The number of benzene rings is 2. The number of nitrogens with two attached hydrogens (primary N) is 1. The predicted molar refractivity (Wildman–Crippen MR) is 143 cm³/mol. The lowest BCUT2D eigenvalue weighted by atomic mass is 9.82. The first-order chi connectivity index (χ1) is 17.7. The highest BCUT2D eigenvalue weighted by Gasteiger charge is 2.35. The number of likely N-dealkylation sites (tertiary alicyclic amines) is 1.